The van der Waals surface area contributed by atoms with Crippen molar-refractivity contribution in [2.45, 2.75) is 6.92 Å². The minimum Gasteiger partial charge on any atom is -0.497 e. The lowest BCUT2D eigenvalue weighted by molar-refractivity contribution is 0.415. The van der Waals surface area contributed by atoms with Crippen molar-refractivity contribution in [3.8, 4) is 16.9 Å². The minimum absolute atomic E-state index is 0.881. The van der Waals surface area contributed by atoms with E-state index in [1.54, 1.807) is 7.11 Å². The van der Waals surface area contributed by atoms with Gasteiger partial charge in [-0.05, 0) is 41.8 Å². The summed E-state index contributed by atoms with van der Waals surface area (Å²) in [6.07, 6.45) is 0. The molecule has 2 heteroatoms. The fourth-order valence-electron chi connectivity index (χ4n) is 1.62. The third kappa shape index (κ3) is 2.27. The second-order valence-corrected chi connectivity index (χ2v) is 4.57. The largest absolute Gasteiger partial charge is 0.497 e. The van der Waals surface area contributed by atoms with Gasteiger partial charge in [-0.3, -0.25) is 0 Å². The van der Waals surface area contributed by atoms with Gasteiger partial charge in [0.05, 0.1) is 7.11 Å². The molecule has 0 saturated heterocycles. The van der Waals surface area contributed by atoms with Gasteiger partial charge in [-0.15, -0.1) is 0 Å². The first-order chi connectivity index (χ1) is 7.70. The lowest BCUT2D eigenvalue weighted by Gasteiger charge is -2.06. The number of hydrogen-bond acceptors (Lipinski definition) is 1. The summed E-state index contributed by atoms with van der Waals surface area (Å²) in [7, 11) is 1.68. The Kier molecular flexibility index (Phi) is 3.30. The molecule has 2 aromatic carbocycles. The van der Waals surface area contributed by atoms with E-state index < -0.39 is 0 Å². The third-order valence-electron chi connectivity index (χ3n) is 2.53. The normalized spacial score (nSPS) is 10.2. The first kappa shape index (κ1) is 11.2. The molecule has 0 bridgehead atoms. The van der Waals surface area contributed by atoms with Crippen molar-refractivity contribution in [3.05, 3.63) is 52.5 Å². The monoisotopic (exact) mass is 276 g/mol. The van der Waals surface area contributed by atoms with Crippen LogP contribution in [0.15, 0.2) is 46.9 Å². The molecular weight excluding hydrogens is 264 g/mol. The summed E-state index contributed by atoms with van der Waals surface area (Å²) in [6, 6.07) is 14.4. The summed E-state index contributed by atoms with van der Waals surface area (Å²) in [6.45, 7) is 2.09. The topological polar surface area (TPSA) is 9.23 Å². The predicted octanol–water partition coefficient (Wildman–Crippen LogP) is 4.43. The molecule has 0 unspecified atom stereocenters. The molecule has 82 valence electrons. The zero-order valence-corrected chi connectivity index (χ0v) is 10.9. The summed E-state index contributed by atoms with van der Waals surface area (Å²) in [4.78, 5) is 0. The van der Waals surface area contributed by atoms with E-state index >= 15 is 0 Å². The standard InChI is InChI=1S/C14H13BrO/c1-10-3-8-13(14(15)9-10)11-4-6-12(16-2)7-5-11/h3-9H,1-2H3. The number of halogens is 1. The van der Waals surface area contributed by atoms with Crippen LogP contribution in [0.2, 0.25) is 0 Å². The molecule has 2 aromatic rings. The van der Waals surface area contributed by atoms with Gasteiger partial charge in [0.25, 0.3) is 0 Å². The van der Waals surface area contributed by atoms with Gasteiger partial charge in [-0.25, -0.2) is 0 Å². The van der Waals surface area contributed by atoms with Crippen LogP contribution >= 0.6 is 15.9 Å². The highest BCUT2D eigenvalue weighted by Gasteiger charge is 2.03. The maximum absolute atomic E-state index is 5.14. The summed E-state index contributed by atoms with van der Waals surface area (Å²) >= 11 is 3.59. The zero-order valence-electron chi connectivity index (χ0n) is 9.33. The lowest BCUT2D eigenvalue weighted by atomic mass is 10.0. The number of hydrogen-bond donors (Lipinski definition) is 0. The van der Waals surface area contributed by atoms with E-state index in [4.69, 9.17) is 4.74 Å². The van der Waals surface area contributed by atoms with E-state index in [2.05, 4.69) is 53.2 Å². The van der Waals surface area contributed by atoms with Crippen molar-refractivity contribution in [3.63, 3.8) is 0 Å². The van der Waals surface area contributed by atoms with Crippen LogP contribution < -0.4 is 4.74 Å². The minimum atomic E-state index is 0.881. The highest BCUT2D eigenvalue weighted by atomic mass is 79.9. The Bertz CT molecular complexity index is 489. The maximum atomic E-state index is 5.14. The van der Waals surface area contributed by atoms with Crippen molar-refractivity contribution >= 4 is 15.9 Å². The number of ether oxygens (including phenoxy) is 1. The van der Waals surface area contributed by atoms with Gasteiger partial charge < -0.3 is 4.74 Å². The fraction of sp³-hybridized carbons (Fsp3) is 0.143. The summed E-state index contributed by atoms with van der Waals surface area (Å²) in [5, 5.41) is 0. The maximum Gasteiger partial charge on any atom is 0.118 e. The quantitative estimate of drug-likeness (QED) is 0.788. The van der Waals surface area contributed by atoms with Crippen LogP contribution in [0, 0.1) is 6.92 Å². The SMILES string of the molecule is COc1ccc(-c2ccc(C)cc2Br)cc1. The smallest absolute Gasteiger partial charge is 0.118 e. The summed E-state index contributed by atoms with van der Waals surface area (Å²) in [5.74, 6) is 0.881. The van der Waals surface area contributed by atoms with Crippen LogP contribution in [0.4, 0.5) is 0 Å². The van der Waals surface area contributed by atoms with Crippen molar-refractivity contribution in [2.24, 2.45) is 0 Å². The molecule has 0 aliphatic carbocycles. The Morgan fingerprint density at radius 2 is 1.69 bits per heavy atom. The third-order valence-corrected chi connectivity index (χ3v) is 3.18. The molecule has 0 fully saturated rings. The van der Waals surface area contributed by atoms with E-state index in [0.717, 1.165) is 10.2 Å². The van der Waals surface area contributed by atoms with Crippen LogP contribution in [0.1, 0.15) is 5.56 Å². The molecule has 0 radical (unpaired) electrons. The molecule has 0 amide bonds. The van der Waals surface area contributed by atoms with Gasteiger partial charge in [0, 0.05) is 4.47 Å². The number of rotatable bonds is 2. The number of aryl methyl sites for hydroxylation is 1. The van der Waals surface area contributed by atoms with Crippen LogP contribution in [0.3, 0.4) is 0 Å². The molecule has 0 N–H and O–H groups in total. The molecule has 1 nitrogen and oxygen atoms in total. The molecule has 0 saturated carbocycles. The molecule has 16 heavy (non-hydrogen) atoms. The summed E-state index contributed by atoms with van der Waals surface area (Å²) in [5.41, 5.74) is 3.64. The second-order valence-electron chi connectivity index (χ2n) is 3.71. The number of benzene rings is 2. The van der Waals surface area contributed by atoms with E-state index in [0.29, 0.717) is 0 Å². The van der Waals surface area contributed by atoms with Gasteiger partial charge in [0.15, 0.2) is 0 Å². The van der Waals surface area contributed by atoms with Crippen molar-refractivity contribution in [1.29, 1.82) is 0 Å². The molecule has 0 aliphatic heterocycles. The van der Waals surface area contributed by atoms with Crippen molar-refractivity contribution in [2.75, 3.05) is 7.11 Å². The van der Waals surface area contributed by atoms with Crippen molar-refractivity contribution in [1.82, 2.24) is 0 Å². The Hall–Kier alpha value is -1.28. The van der Waals surface area contributed by atoms with Crippen LogP contribution in [0.25, 0.3) is 11.1 Å². The van der Waals surface area contributed by atoms with Gasteiger partial charge in [0.1, 0.15) is 5.75 Å². The molecule has 0 atom stereocenters. The van der Waals surface area contributed by atoms with Crippen LogP contribution in [-0.4, -0.2) is 7.11 Å². The Labute approximate surface area is 104 Å². The Morgan fingerprint density at radius 1 is 1.00 bits per heavy atom. The lowest BCUT2D eigenvalue weighted by Crippen LogP contribution is -1.84. The zero-order chi connectivity index (χ0) is 11.5. The first-order valence-corrected chi connectivity index (χ1v) is 5.90. The number of methoxy groups -OCH3 is 1. The van der Waals surface area contributed by atoms with E-state index in [-0.39, 0.29) is 0 Å². The van der Waals surface area contributed by atoms with Crippen molar-refractivity contribution < 1.29 is 4.74 Å². The molecule has 0 aromatic heterocycles. The highest BCUT2D eigenvalue weighted by Crippen LogP contribution is 2.30. The van der Waals surface area contributed by atoms with Crippen LogP contribution in [0.5, 0.6) is 5.75 Å². The van der Waals surface area contributed by atoms with E-state index in [1.165, 1.54) is 16.7 Å². The van der Waals surface area contributed by atoms with E-state index in [9.17, 15) is 0 Å². The second kappa shape index (κ2) is 4.71. The average Bonchev–Trinajstić information content (AvgIpc) is 2.29. The average molecular weight is 277 g/mol. The molecule has 0 aliphatic rings. The molecular formula is C14H13BrO. The Balaban J connectivity index is 2.42. The van der Waals surface area contributed by atoms with Gasteiger partial charge in [-0.2, -0.15) is 0 Å². The molecule has 0 heterocycles. The molecule has 2 rings (SSSR count). The van der Waals surface area contributed by atoms with Gasteiger partial charge in [0.2, 0.25) is 0 Å². The highest BCUT2D eigenvalue weighted by molar-refractivity contribution is 9.10. The van der Waals surface area contributed by atoms with Crippen LogP contribution in [-0.2, 0) is 0 Å². The van der Waals surface area contributed by atoms with Gasteiger partial charge >= 0.3 is 0 Å². The summed E-state index contributed by atoms with van der Waals surface area (Å²) < 4.78 is 6.27. The van der Waals surface area contributed by atoms with E-state index in [1.807, 2.05) is 12.1 Å². The first-order valence-electron chi connectivity index (χ1n) is 5.11. The van der Waals surface area contributed by atoms with Gasteiger partial charge in [-0.1, -0.05) is 40.2 Å². The Morgan fingerprint density at radius 3 is 2.25 bits per heavy atom. The predicted molar refractivity (Wildman–Crippen MR) is 70.9 cm³/mol. The fourth-order valence-corrected chi connectivity index (χ4v) is 2.35. The molecule has 0 spiro atoms.